The molecule has 0 bridgehead atoms. The largest absolute Gasteiger partial charge is 0.242 e. The Morgan fingerprint density at radius 3 is 1.91 bits per heavy atom. The molecule has 0 atom stereocenters. The fraction of sp³-hybridized carbons (Fsp3) is 0.900. The Morgan fingerprint density at radius 2 is 1.45 bits per heavy atom. The van der Waals surface area contributed by atoms with E-state index in [-0.39, 0.29) is 0 Å². The summed E-state index contributed by atoms with van der Waals surface area (Å²) in [6.45, 7) is 3.97. The number of nitrogens with zero attached hydrogens (tertiary/aromatic N) is 1. The number of rotatable bonds is 1. The molecule has 0 aromatic heterocycles. The van der Waals surface area contributed by atoms with Crippen LogP contribution in [0.2, 0.25) is 0 Å². The summed E-state index contributed by atoms with van der Waals surface area (Å²) in [5.74, 6) is 0. The van der Waals surface area contributed by atoms with Crippen molar-refractivity contribution < 1.29 is 4.58 Å². The second-order valence-electron chi connectivity index (χ2n) is 3.76. The minimum atomic E-state index is 0.760. The van der Waals surface area contributed by atoms with Crippen LogP contribution in [0.4, 0.5) is 0 Å². The maximum Gasteiger partial charge on any atom is 0.151 e. The van der Waals surface area contributed by atoms with Crippen molar-refractivity contribution in [2.75, 3.05) is 7.05 Å². The van der Waals surface area contributed by atoms with E-state index in [1.54, 1.807) is 0 Å². The Labute approximate surface area is 70.1 Å². The first-order valence-electron chi connectivity index (χ1n) is 4.84. The molecule has 1 saturated carbocycles. The van der Waals surface area contributed by atoms with Crippen LogP contribution >= 0.6 is 0 Å². The van der Waals surface area contributed by atoms with Crippen molar-refractivity contribution in [2.45, 2.75) is 51.0 Å². The van der Waals surface area contributed by atoms with Gasteiger partial charge in [0.15, 0.2) is 6.04 Å². The molecule has 0 saturated heterocycles. The van der Waals surface area contributed by atoms with Gasteiger partial charge in [0.1, 0.15) is 13.8 Å². The Kier molecular flexibility index (Phi) is 3.61. The van der Waals surface area contributed by atoms with Crippen molar-refractivity contribution in [3.05, 3.63) is 0 Å². The zero-order chi connectivity index (χ0) is 8.10. The van der Waals surface area contributed by atoms with Crippen LogP contribution in [0.15, 0.2) is 0 Å². The van der Waals surface area contributed by atoms with Crippen molar-refractivity contribution in [1.29, 1.82) is 0 Å². The minimum absolute atomic E-state index is 0.760. The number of hydrogen-bond acceptors (Lipinski definition) is 0. The molecule has 0 amide bonds. The van der Waals surface area contributed by atoms with E-state index in [0.29, 0.717) is 0 Å². The van der Waals surface area contributed by atoms with Gasteiger partial charge in [0.05, 0.1) is 0 Å². The van der Waals surface area contributed by atoms with Crippen LogP contribution in [-0.4, -0.2) is 24.4 Å². The zero-order valence-electron chi connectivity index (χ0n) is 7.68. The topological polar surface area (TPSA) is 3.01 Å². The van der Waals surface area contributed by atoms with E-state index in [9.17, 15) is 0 Å². The molecule has 0 unspecified atom stereocenters. The van der Waals surface area contributed by atoms with Crippen LogP contribution in [0.1, 0.15) is 44.9 Å². The predicted octanol–water partition coefficient (Wildman–Crippen LogP) is 2.44. The first kappa shape index (κ1) is 8.76. The average Bonchev–Trinajstić information content (AvgIpc) is 1.84. The second-order valence-corrected chi connectivity index (χ2v) is 3.76. The van der Waals surface area contributed by atoms with Gasteiger partial charge >= 0.3 is 0 Å². The summed E-state index contributed by atoms with van der Waals surface area (Å²) in [6, 6.07) is 0.760. The van der Waals surface area contributed by atoms with Gasteiger partial charge < -0.3 is 0 Å². The van der Waals surface area contributed by atoms with Crippen molar-refractivity contribution in [3.8, 4) is 0 Å². The lowest BCUT2D eigenvalue weighted by atomic mass is 9.97. The van der Waals surface area contributed by atoms with Crippen LogP contribution in [0, 0.1) is 0 Å². The van der Waals surface area contributed by atoms with Gasteiger partial charge in [-0.2, -0.15) is 0 Å². The maximum atomic E-state index is 3.97. The van der Waals surface area contributed by atoms with E-state index < -0.39 is 0 Å². The van der Waals surface area contributed by atoms with Gasteiger partial charge in [-0.05, 0) is 12.8 Å². The molecule has 0 radical (unpaired) electrons. The molecule has 1 fully saturated rings. The molecule has 64 valence electrons. The highest BCUT2D eigenvalue weighted by Crippen LogP contribution is 2.18. The Balaban J connectivity index is 2.32. The Hall–Kier alpha value is -0.330. The van der Waals surface area contributed by atoms with Crippen LogP contribution in [0.3, 0.4) is 0 Å². The van der Waals surface area contributed by atoms with E-state index >= 15 is 0 Å². The van der Waals surface area contributed by atoms with Crippen molar-refractivity contribution in [1.82, 2.24) is 0 Å². The maximum absolute atomic E-state index is 3.97. The monoisotopic (exact) mass is 154 g/mol. The van der Waals surface area contributed by atoms with Gasteiger partial charge in [-0.3, -0.25) is 0 Å². The van der Waals surface area contributed by atoms with Gasteiger partial charge in [-0.15, -0.1) is 0 Å². The SMILES string of the molecule is C=[N+](C)C1CCCCCCC1. The normalized spacial score (nSPS) is 22.3. The Morgan fingerprint density at radius 1 is 1.00 bits per heavy atom. The van der Waals surface area contributed by atoms with Gasteiger partial charge in [-0.25, -0.2) is 4.58 Å². The highest BCUT2D eigenvalue weighted by atomic mass is 15.0. The number of hydrogen-bond donors (Lipinski definition) is 0. The molecule has 1 aliphatic rings. The highest BCUT2D eigenvalue weighted by molar-refractivity contribution is 5.14. The third kappa shape index (κ3) is 3.04. The lowest BCUT2D eigenvalue weighted by Crippen LogP contribution is -2.22. The lowest BCUT2D eigenvalue weighted by molar-refractivity contribution is -0.532. The van der Waals surface area contributed by atoms with E-state index in [4.69, 9.17) is 0 Å². The van der Waals surface area contributed by atoms with Crippen molar-refractivity contribution in [2.24, 2.45) is 0 Å². The molecule has 0 aliphatic heterocycles. The van der Waals surface area contributed by atoms with Crippen LogP contribution in [-0.2, 0) is 0 Å². The zero-order valence-corrected chi connectivity index (χ0v) is 7.68. The molecular formula is C10H20N+. The first-order chi connectivity index (χ1) is 5.30. The summed E-state index contributed by atoms with van der Waals surface area (Å²) in [4.78, 5) is 0. The molecule has 0 N–H and O–H groups in total. The Bertz CT molecular complexity index is 121. The molecule has 0 spiro atoms. The molecule has 1 rings (SSSR count). The first-order valence-corrected chi connectivity index (χ1v) is 4.84. The van der Waals surface area contributed by atoms with E-state index in [1.807, 2.05) is 0 Å². The molecule has 0 aromatic rings. The molecule has 11 heavy (non-hydrogen) atoms. The lowest BCUT2D eigenvalue weighted by Gasteiger charge is -2.15. The molecule has 0 heterocycles. The van der Waals surface area contributed by atoms with Gasteiger partial charge in [0.2, 0.25) is 0 Å². The standard InChI is InChI=1S/C10H20N/c1-11(2)10-8-6-4-3-5-7-9-10/h10H,1,3-9H2,2H3/q+1. The quantitative estimate of drug-likeness (QED) is 0.403. The fourth-order valence-corrected chi connectivity index (χ4v) is 1.88. The summed E-state index contributed by atoms with van der Waals surface area (Å²) < 4.78 is 2.14. The van der Waals surface area contributed by atoms with Crippen LogP contribution in [0.5, 0.6) is 0 Å². The third-order valence-corrected chi connectivity index (χ3v) is 2.70. The van der Waals surface area contributed by atoms with E-state index in [0.717, 1.165) is 6.04 Å². The average molecular weight is 154 g/mol. The fourth-order valence-electron chi connectivity index (χ4n) is 1.88. The molecule has 1 heteroatoms. The molecule has 0 aromatic carbocycles. The summed E-state index contributed by atoms with van der Waals surface area (Å²) >= 11 is 0. The van der Waals surface area contributed by atoms with Crippen LogP contribution in [0.25, 0.3) is 0 Å². The third-order valence-electron chi connectivity index (χ3n) is 2.70. The summed E-state index contributed by atoms with van der Waals surface area (Å²) in [6.07, 6.45) is 9.86. The predicted molar refractivity (Wildman–Crippen MR) is 49.4 cm³/mol. The van der Waals surface area contributed by atoms with Crippen LogP contribution < -0.4 is 0 Å². The smallest absolute Gasteiger partial charge is 0.151 e. The van der Waals surface area contributed by atoms with E-state index in [1.165, 1.54) is 44.9 Å². The van der Waals surface area contributed by atoms with E-state index in [2.05, 4.69) is 18.3 Å². The highest BCUT2D eigenvalue weighted by Gasteiger charge is 2.16. The van der Waals surface area contributed by atoms with Gasteiger partial charge in [0.25, 0.3) is 0 Å². The summed E-state index contributed by atoms with van der Waals surface area (Å²) in [7, 11) is 2.10. The summed E-state index contributed by atoms with van der Waals surface area (Å²) in [5.41, 5.74) is 0. The van der Waals surface area contributed by atoms with Crippen molar-refractivity contribution in [3.63, 3.8) is 0 Å². The second kappa shape index (κ2) is 4.53. The molecule has 1 aliphatic carbocycles. The molecular weight excluding hydrogens is 134 g/mol. The van der Waals surface area contributed by atoms with Crippen molar-refractivity contribution >= 4 is 6.72 Å². The summed E-state index contributed by atoms with van der Waals surface area (Å²) in [5, 5.41) is 0. The molecule has 1 nitrogen and oxygen atoms in total. The minimum Gasteiger partial charge on any atom is -0.242 e. The van der Waals surface area contributed by atoms with Gasteiger partial charge in [0, 0.05) is 12.8 Å². The van der Waals surface area contributed by atoms with Gasteiger partial charge in [-0.1, -0.05) is 19.3 Å².